The minimum absolute atomic E-state index is 0. The molecule has 0 bridgehead atoms. The lowest BCUT2D eigenvalue weighted by Gasteiger charge is -2.25. The van der Waals surface area contributed by atoms with E-state index in [2.05, 4.69) is 242 Å². The predicted molar refractivity (Wildman–Crippen MR) is 329 cm³/mol. The molecule has 1 nitrogen and oxygen atoms in total. The number of aryl methyl sites for hydroxylation is 4. The molecule has 0 aliphatic rings. The first-order chi connectivity index (χ1) is 32.2. The number of fused-ring (bicyclic) bond motifs is 3. The van der Waals surface area contributed by atoms with Crippen molar-refractivity contribution in [3.63, 3.8) is 0 Å². The molecule has 1 heterocycles. The Hall–Kier alpha value is -6.90. The van der Waals surface area contributed by atoms with Crippen molar-refractivity contribution >= 4 is 50.5 Å². The molecule has 1 aromatic heterocycles. The highest BCUT2D eigenvalue weighted by atomic mass is 15.0. The van der Waals surface area contributed by atoms with Crippen LogP contribution in [0.15, 0.2) is 195 Å². The average molecular weight is 952 g/mol. The Morgan fingerprint density at radius 3 is 1.57 bits per heavy atom. The van der Waals surface area contributed by atoms with Gasteiger partial charge >= 0.3 is 0 Å². The van der Waals surface area contributed by atoms with E-state index in [-0.39, 0.29) is 51.3 Å². The molecule has 9 rings (SSSR count). The summed E-state index contributed by atoms with van der Waals surface area (Å²) in [7, 11) is 0. The van der Waals surface area contributed by atoms with Crippen LogP contribution in [-0.4, -0.2) is 11.3 Å². The van der Waals surface area contributed by atoms with Crippen molar-refractivity contribution in [1.29, 1.82) is 0 Å². The van der Waals surface area contributed by atoms with Crippen molar-refractivity contribution in [2.24, 2.45) is 0 Å². The Morgan fingerprint density at radius 1 is 0.542 bits per heavy atom. The van der Waals surface area contributed by atoms with Gasteiger partial charge in [0.25, 0.3) is 0 Å². The molecule has 0 N–H and O–H groups in total. The number of hydrogen-bond donors (Lipinski definition) is 0. The van der Waals surface area contributed by atoms with Crippen LogP contribution in [0.2, 0.25) is 0 Å². The maximum atomic E-state index is 4.07. The summed E-state index contributed by atoms with van der Waals surface area (Å²) in [6.07, 6.45) is 7.48. The van der Waals surface area contributed by atoms with Crippen LogP contribution in [-0.2, 0) is 0 Å². The molecule has 374 valence electrons. The number of hydrogen-bond acceptors (Lipinski definition) is 0. The molecular formula is C70H86BN. The SMILES string of the molecule is C.C.C.C.C.C.C=C/C(=C\C)c1ccc(B(c2c(C)cc(-c3ccccc3)cc2C)c2c(C)cc(-c3ccc(C(CC)CCC(C)c4cccc5c4c4ccccc4n5-c4ccccc4)cc3)cc2C)cc1. The normalized spacial score (nSPS) is 11.6. The Labute approximate surface area is 438 Å². The van der Waals surface area contributed by atoms with Gasteiger partial charge < -0.3 is 4.57 Å². The second-order valence-electron chi connectivity index (χ2n) is 18.6. The molecule has 2 unspecified atom stereocenters. The molecule has 8 aromatic carbocycles. The molecule has 0 aliphatic heterocycles. The van der Waals surface area contributed by atoms with Crippen LogP contribution in [0.4, 0.5) is 0 Å². The van der Waals surface area contributed by atoms with Gasteiger partial charge in [0.2, 0.25) is 6.71 Å². The average Bonchev–Trinajstić information content (AvgIpc) is 3.69. The highest BCUT2D eigenvalue weighted by molar-refractivity contribution is 6.96. The summed E-state index contributed by atoms with van der Waals surface area (Å²) < 4.78 is 2.43. The fourth-order valence-corrected chi connectivity index (χ4v) is 11.0. The smallest absolute Gasteiger partial charge is 0.242 e. The summed E-state index contributed by atoms with van der Waals surface area (Å²) >= 11 is 0. The number of benzene rings is 8. The molecule has 9 aromatic rings. The third kappa shape index (κ3) is 11.6. The predicted octanol–water partition coefficient (Wildman–Crippen LogP) is 19.4. The lowest BCUT2D eigenvalue weighted by molar-refractivity contribution is 0.537. The van der Waals surface area contributed by atoms with Gasteiger partial charge in [0.05, 0.1) is 11.0 Å². The molecule has 0 aliphatic carbocycles. The van der Waals surface area contributed by atoms with Gasteiger partial charge in [-0.1, -0.05) is 267 Å². The summed E-state index contributed by atoms with van der Waals surface area (Å²) in [4.78, 5) is 0. The fraction of sp³-hybridized carbons (Fsp3) is 0.257. The Kier molecular flexibility index (Phi) is 21.4. The molecule has 72 heavy (non-hydrogen) atoms. The van der Waals surface area contributed by atoms with Crippen LogP contribution >= 0.6 is 0 Å². The molecular weight excluding hydrogens is 866 g/mol. The number of allylic oxidation sites excluding steroid dienone is 3. The Morgan fingerprint density at radius 2 is 1.04 bits per heavy atom. The van der Waals surface area contributed by atoms with E-state index in [9.17, 15) is 0 Å². The van der Waals surface area contributed by atoms with Crippen LogP contribution < -0.4 is 16.4 Å². The van der Waals surface area contributed by atoms with E-state index < -0.39 is 0 Å². The van der Waals surface area contributed by atoms with E-state index in [1.165, 1.54) is 105 Å². The maximum Gasteiger partial charge on any atom is 0.242 e. The highest BCUT2D eigenvalue weighted by Crippen LogP contribution is 2.39. The molecule has 2 heteroatoms. The van der Waals surface area contributed by atoms with E-state index in [4.69, 9.17) is 0 Å². The Balaban J connectivity index is 0.00000228. The van der Waals surface area contributed by atoms with E-state index in [1.807, 2.05) is 6.08 Å². The monoisotopic (exact) mass is 952 g/mol. The zero-order chi connectivity index (χ0) is 45.9. The van der Waals surface area contributed by atoms with Gasteiger partial charge in [-0.3, -0.25) is 0 Å². The zero-order valence-corrected chi connectivity index (χ0v) is 39.9. The quantitative estimate of drug-likeness (QED) is 0.0756. The number of nitrogens with zero attached hydrogens (tertiary/aromatic N) is 1. The van der Waals surface area contributed by atoms with Gasteiger partial charge in [0, 0.05) is 16.5 Å². The Bertz CT molecular complexity index is 3140. The first-order valence-corrected chi connectivity index (χ1v) is 24.0. The zero-order valence-electron chi connectivity index (χ0n) is 39.9. The molecule has 0 fully saturated rings. The van der Waals surface area contributed by atoms with Crippen molar-refractivity contribution < 1.29 is 0 Å². The van der Waals surface area contributed by atoms with Gasteiger partial charge in [-0.25, -0.2) is 0 Å². The summed E-state index contributed by atoms with van der Waals surface area (Å²) in [5, 5.41) is 2.72. The summed E-state index contributed by atoms with van der Waals surface area (Å²) in [5.41, 5.74) is 23.4. The highest BCUT2D eigenvalue weighted by Gasteiger charge is 2.29. The van der Waals surface area contributed by atoms with Crippen molar-refractivity contribution in [2.45, 2.75) is 124 Å². The van der Waals surface area contributed by atoms with Crippen LogP contribution in [0, 0.1) is 27.7 Å². The molecule has 0 radical (unpaired) electrons. The standard InChI is InChI=1S/C64H62BN.6CH4/c1-9-48(10-2)51-35-37-56(38-36-51)65(63-44(5)39-54(40-45(63)6)50-21-14-12-15-22-50)64-46(7)41-55(42-47(64)8)53-33-31-52(32-34-53)49(11-3)30-29-43(4)58-26-20-28-61-62(58)59-25-18-19-27-60(59)66(61)57-23-16-13-17-24-57;;;;;;/h9-10,12-28,31-43,49H,1,11,29-30H2,2-8H3;6*1H4/b48-10+;;;;;;. The van der Waals surface area contributed by atoms with E-state index in [0.29, 0.717) is 11.8 Å². The first-order valence-electron chi connectivity index (χ1n) is 24.0. The summed E-state index contributed by atoms with van der Waals surface area (Å²) in [5.74, 6) is 0.926. The van der Waals surface area contributed by atoms with Gasteiger partial charge in [-0.15, -0.1) is 0 Å². The van der Waals surface area contributed by atoms with Crippen molar-refractivity contribution in [2.75, 3.05) is 0 Å². The minimum Gasteiger partial charge on any atom is -0.309 e. The third-order valence-corrected chi connectivity index (χ3v) is 14.4. The largest absolute Gasteiger partial charge is 0.309 e. The van der Waals surface area contributed by atoms with Gasteiger partial charge in [0.1, 0.15) is 0 Å². The maximum absolute atomic E-state index is 4.07. The van der Waals surface area contributed by atoms with E-state index >= 15 is 0 Å². The second-order valence-corrected chi connectivity index (χ2v) is 18.6. The van der Waals surface area contributed by atoms with Crippen LogP contribution in [0.5, 0.6) is 0 Å². The lowest BCUT2D eigenvalue weighted by Crippen LogP contribution is -2.55. The third-order valence-electron chi connectivity index (χ3n) is 14.4. The van der Waals surface area contributed by atoms with E-state index in [0.717, 1.165) is 24.8 Å². The first kappa shape index (κ1) is 59.4. The summed E-state index contributed by atoms with van der Waals surface area (Å²) in [6.45, 7) is 20.2. The van der Waals surface area contributed by atoms with Crippen LogP contribution in [0.25, 0.3) is 55.3 Å². The number of aromatic nitrogens is 1. The van der Waals surface area contributed by atoms with Crippen molar-refractivity contribution in [3.8, 4) is 27.9 Å². The fourth-order valence-electron chi connectivity index (χ4n) is 11.0. The number of rotatable bonds is 14. The van der Waals surface area contributed by atoms with Crippen LogP contribution in [0.3, 0.4) is 0 Å². The molecule has 0 saturated heterocycles. The molecule has 2 atom stereocenters. The molecule has 0 saturated carbocycles. The van der Waals surface area contributed by atoms with Gasteiger partial charge in [-0.2, -0.15) is 0 Å². The summed E-state index contributed by atoms with van der Waals surface area (Å²) in [6, 6.07) is 65.7. The molecule has 0 amide bonds. The molecule has 0 spiro atoms. The van der Waals surface area contributed by atoms with Gasteiger partial charge in [0.15, 0.2) is 0 Å². The van der Waals surface area contributed by atoms with Crippen LogP contribution in [0.1, 0.15) is 135 Å². The minimum atomic E-state index is 0. The van der Waals surface area contributed by atoms with Gasteiger partial charge in [-0.05, 0) is 134 Å². The van der Waals surface area contributed by atoms with Crippen molar-refractivity contribution in [3.05, 3.63) is 234 Å². The second kappa shape index (κ2) is 26.0. The van der Waals surface area contributed by atoms with Crippen molar-refractivity contribution in [1.82, 2.24) is 4.57 Å². The lowest BCUT2D eigenvalue weighted by atomic mass is 9.34. The number of para-hydroxylation sites is 2. The van der Waals surface area contributed by atoms with E-state index in [1.54, 1.807) is 0 Å². The topological polar surface area (TPSA) is 4.93 Å².